The van der Waals surface area contributed by atoms with Gasteiger partial charge in [0.25, 0.3) is 0 Å². The molecule has 0 amide bonds. The lowest BCUT2D eigenvalue weighted by molar-refractivity contribution is 0.669. The molecule has 4 heteroatoms. The molecule has 0 saturated carbocycles. The van der Waals surface area contributed by atoms with Crippen LogP contribution in [0.15, 0.2) is 215 Å². The number of para-hydroxylation sites is 6. The van der Waals surface area contributed by atoms with Gasteiger partial charge in [-0.2, -0.15) is 0 Å². The van der Waals surface area contributed by atoms with Crippen LogP contribution in [0.1, 0.15) is 0 Å². The summed E-state index contributed by atoms with van der Waals surface area (Å²) in [5.41, 5.74) is 14.4. The van der Waals surface area contributed by atoms with Crippen LogP contribution in [0.4, 0.5) is 17.1 Å². The molecule has 0 aliphatic rings. The van der Waals surface area contributed by atoms with E-state index in [-0.39, 0.29) is 0 Å². The number of furan rings is 2. The molecular weight excluding hydrogens is 709 g/mol. The van der Waals surface area contributed by atoms with Crippen molar-refractivity contribution in [3.05, 3.63) is 206 Å². The first-order valence-corrected chi connectivity index (χ1v) is 19.7. The molecule has 9 aromatic carbocycles. The Morgan fingerprint density at radius 1 is 0.362 bits per heavy atom. The van der Waals surface area contributed by atoms with Crippen molar-refractivity contribution in [1.29, 1.82) is 0 Å². The Labute approximate surface area is 334 Å². The first-order chi connectivity index (χ1) is 28.8. The summed E-state index contributed by atoms with van der Waals surface area (Å²) in [6.07, 6.45) is 0. The van der Waals surface area contributed by atoms with Gasteiger partial charge in [-0.25, -0.2) is 0 Å². The van der Waals surface area contributed by atoms with E-state index >= 15 is 0 Å². The largest absolute Gasteiger partial charge is 0.456 e. The topological polar surface area (TPSA) is 34.5 Å². The van der Waals surface area contributed by atoms with E-state index in [0.717, 1.165) is 88.9 Å². The first kappa shape index (κ1) is 32.4. The molecule has 3 aromatic heterocycles. The van der Waals surface area contributed by atoms with Crippen LogP contribution in [-0.2, 0) is 0 Å². The second-order valence-electron chi connectivity index (χ2n) is 14.8. The van der Waals surface area contributed by atoms with Crippen molar-refractivity contribution in [3.63, 3.8) is 0 Å². The van der Waals surface area contributed by atoms with Crippen molar-refractivity contribution in [2.24, 2.45) is 0 Å². The van der Waals surface area contributed by atoms with Crippen molar-refractivity contribution in [3.8, 4) is 27.9 Å². The van der Waals surface area contributed by atoms with Gasteiger partial charge in [0.15, 0.2) is 0 Å². The summed E-state index contributed by atoms with van der Waals surface area (Å²) in [5.74, 6) is 0. The Morgan fingerprint density at radius 2 is 0.931 bits per heavy atom. The van der Waals surface area contributed by atoms with Crippen LogP contribution in [0, 0.1) is 0 Å². The fourth-order valence-corrected chi connectivity index (χ4v) is 9.12. The van der Waals surface area contributed by atoms with Crippen LogP contribution in [0.5, 0.6) is 0 Å². The maximum atomic E-state index is 6.97. The molecule has 3 heterocycles. The van der Waals surface area contributed by atoms with Crippen LogP contribution in [-0.4, -0.2) is 4.57 Å². The summed E-state index contributed by atoms with van der Waals surface area (Å²) in [6.45, 7) is 0. The summed E-state index contributed by atoms with van der Waals surface area (Å²) in [6, 6.07) is 73.1. The quantitative estimate of drug-likeness (QED) is 0.170. The number of fused-ring (bicyclic) bond motifs is 9. The van der Waals surface area contributed by atoms with Gasteiger partial charge >= 0.3 is 0 Å². The molecule has 4 nitrogen and oxygen atoms in total. The molecule has 58 heavy (non-hydrogen) atoms. The molecule has 0 unspecified atom stereocenters. The number of benzene rings is 9. The summed E-state index contributed by atoms with van der Waals surface area (Å²) >= 11 is 0. The minimum absolute atomic E-state index is 0.846. The second-order valence-corrected chi connectivity index (χ2v) is 14.8. The van der Waals surface area contributed by atoms with Gasteiger partial charge in [-0.1, -0.05) is 133 Å². The van der Waals surface area contributed by atoms with Gasteiger partial charge in [0.1, 0.15) is 22.3 Å². The number of hydrogen-bond acceptors (Lipinski definition) is 3. The zero-order chi connectivity index (χ0) is 38.2. The molecule has 0 bridgehead atoms. The predicted octanol–water partition coefficient (Wildman–Crippen LogP) is 15.4. The molecule has 12 aromatic rings. The van der Waals surface area contributed by atoms with E-state index in [1.165, 1.54) is 21.8 Å². The van der Waals surface area contributed by atoms with E-state index in [4.69, 9.17) is 8.83 Å². The van der Waals surface area contributed by atoms with Gasteiger partial charge in [0.05, 0.1) is 27.8 Å². The van der Waals surface area contributed by atoms with E-state index in [2.05, 4.69) is 204 Å². The minimum Gasteiger partial charge on any atom is -0.456 e. The number of anilines is 3. The van der Waals surface area contributed by atoms with Crippen molar-refractivity contribution >= 4 is 82.7 Å². The molecule has 0 saturated heterocycles. The van der Waals surface area contributed by atoms with Crippen molar-refractivity contribution in [2.45, 2.75) is 0 Å². The Bertz CT molecular complexity index is 3480. The van der Waals surface area contributed by atoms with Gasteiger partial charge in [0, 0.05) is 49.4 Å². The average Bonchev–Trinajstić information content (AvgIpc) is 3.97. The first-order valence-electron chi connectivity index (χ1n) is 19.7. The Hall–Kier alpha value is -7.82. The fraction of sp³-hybridized carbons (Fsp3) is 0. The molecule has 0 N–H and O–H groups in total. The predicted molar refractivity (Wildman–Crippen MR) is 241 cm³/mol. The maximum absolute atomic E-state index is 6.97. The van der Waals surface area contributed by atoms with E-state index in [9.17, 15) is 0 Å². The van der Waals surface area contributed by atoms with E-state index in [0.29, 0.717) is 0 Å². The Morgan fingerprint density at radius 3 is 1.71 bits per heavy atom. The fourth-order valence-electron chi connectivity index (χ4n) is 9.12. The number of rotatable bonds is 6. The molecule has 0 aliphatic heterocycles. The van der Waals surface area contributed by atoms with Gasteiger partial charge in [-0.3, -0.25) is 0 Å². The van der Waals surface area contributed by atoms with E-state index in [1.54, 1.807) is 0 Å². The summed E-state index contributed by atoms with van der Waals surface area (Å²) in [4.78, 5) is 2.37. The highest BCUT2D eigenvalue weighted by Gasteiger charge is 2.24. The zero-order valence-electron chi connectivity index (χ0n) is 31.3. The molecule has 12 rings (SSSR count). The van der Waals surface area contributed by atoms with Gasteiger partial charge in [-0.15, -0.1) is 0 Å². The summed E-state index contributed by atoms with van der Waals surface area (Å²) in [5, 5.41) is 6.82. The molecule has 0 aliphatic carbocycles. The normalized spacial score (nSPS) is 11.8. The van der Waals surface area contributed by atoms with Gasteiger partial charge in [0.2, 0.25) is 0 Å². The van der Waals surface area contributed by atoms with Crippen LogP contribution < -0.4 is 4.90 Å². The standard InChI is InChI=1S/C54H34N2O2/c1-2-17-36(18-3-1)55(37-19-14-16-35(34-37)38-25-15-31-51-52(38)43-23-7-12-29-49(43)57-51)48-33-32-42(54-53(48)44-24-8-13-30-50(44)58-54)41-22-6-11-28-47(41)56-45-26-9-4-20-39(45)40-21-5-10-27-46(40)56/h1-34H. The molecule has 0 fully saturated rings. The number of aromatic nitrogens is 1. The lowest BCUT2D eigenvalue weighted by Gasteiger charge is -2.27. The maximum Gasteiger partial charge on any atom is 0.145 e. The molecule has 0 radical (unpaired) electrons. The molecule has 0 spiro atoms. The second kappa shape index (κ2) is 12.9. The molecular formula is C54H34N2O2. The Kier molecular flexibility index (Phi) is 7.20. The monoisotopic (exact) mass is 742 g/mol. The SMILES string of the molecule is c1ccc(N(c2cccc(-c3cccc4oc5ccccc5c34)c2)c2ccc(-c3ccccc3-n3c4ccccc4c4ccccc43)c3oc4ccccc4c23)cc1. The molecule has 272 valence electrons. The third-order valence-electron chi connectivity index (χ3n) is 11.6. The average molecular weight is 743 g/mol. The third kappa shape index (κ3) is 4.88. The van der Waals surface area contributed by atoms with Crippen LogP contribution in [0.3, 0.4) is 0 Å². The molecule has 0 atom stereocenters. The Balaban J connectivity index is 1.10. The highest BCUT2D eigenvalue weighted by molar-refractivity contribution is 6.18. The van der Waals surface area contributed by atoms with Crippen LogP contribution in [0.2, 0.25) is 0 Å². The van der Waals surface area contributed by atoms with Gasteiger partial charge in [-0.05, 0) is 83.9 Å². The number of hydrogen-bond donors (Lipinski definition) is 0. The van der Waals surface area contributed by atoms with E-state index < -0.39 is 0 Å². The summed E-state index contributed by atoms with van der Waals surface area (Å²) < 4.78 is 15.7. The van der Waals surface area contributed by atoms with E-state index in [1.807, 2.05) is 12.1 Å². The van der Waals surface area contributed by atoms with Crippen molar-refractivity contribution < 1.29 is 8.83 Å². The number of nitrogens with zero attached hydrogens (tertiary/aromatic N) is 2. The van der Waals surface area contributed by atoms with Crippen molar-refractivity contribution in [1.82, 2.24) is 4.57 Å². The van der Waals surface area contributed by atoms with Crippen LogP contribution >= 0.6 is 0 Å². The minimum atomic E-state index is 0.846. The third-order valence-corrected chi connectivity index (χ3v) is 11.6. The zero-order valence-corrected chi connectivity index (χ0v) is 31.3. The lowest BCUT2D eigenvalue weighted by Crippen LogP contribution is -2.10. The smallest absolute Gasteiger partial charge is 0.145 e. The van der Waals surface area contributed by atoms with Crippen molar-refractivity contribution in [2.75, 3.05) is 4.90 Å². The van der Waals surface area contributed by atoms with Gasteiger partial charge < -0.3 is 18.3 Å². The van der Waals surface area contributed by atoms with Crippen LogP contribution in [0.25, 0.3) is 93.6 Å². The lowest BCUT2D eigenvalue weighted by atomic mass is 9.97. The summed E-state index contributed by atoms with van der Waals surface area (Å²) in [7, 11) is 0. The highest BCUT2D eigenvalue weighted by Crippen LogP contribution is 2.48. The highest BCUT2D eigenvalue weighted by atomic mass is 16.3.